The van der Waals surface area contributed by atoms with Gasteiger partial charge in [-0.3, -0.25) is 0 Å². The molecule has 3 aromatic rings. The summed E-state index contributed by atoms with van der Waals surface area (Å²) in [6.45, 7) is 1.92. The van der Waals surface area contributed by atoms with E-state index in [0.29, 0.717) is 22.4 Å². The highest BCUT2D eigenvalue weighted by molar-refractivity contribution is 5.98. The largest absolute Gasteiger partial charge is 0.462 e. The molecule has 140 valence electrons. The summed E-state index contributed by atoms with van der Waals surface area (Å²) in [7, 11) is 0. The Morgan fingerprint density at radius 3 is 2.48 bits per heavy atom. The van der Waals surface area contributed by atoms with Crippen LogP contribution in [0.3, 0.4) is 0 Å². The van der Waals surface area contributed by atoms with Crippen LogP contribution in [0.25, 0.3) is 11.3 Å². The fourth-order valence-electron chi connectivity index (χ4n) is 2.95. The van der Waals surface area contributed by atoms with Crippen molar-refractivity contribution in [2.45, 2.75) is 19.5 Å². The molecule has 0 unspecified atom stereocenters. The van der Waals surface area contributed by atoms with Crippen molar-refractivity contribution in [3.63, 3.8) is 0 Å². The standard InChI is InChI=1S/C21H18F3NO2/c1-2-27-20(26)18-16(13-25-19(18)15-8-4-3-5-9-15)11-14-7-6-10-17(12-14)21(22,23)24/h3-10,12-13,25H,2,11H2,1H3. The van der Waals surface area contributed by atoms with Crippen LogP contribution in [-0.2, 0) is 17.3 Å². The molecule has 1 aromatic heterocycles. The lowest BCUT2D eigenvalue weighted by Crippen LogP contribution is -2.09. The third kappa shape index (κ3) is 4.22. The molecule has 0 radical (unpaired) electrons. The van der Waals surface area contributed by atoms with E-state index in [1.54, 1.807) is 19.2 Å². The number of alkyl halides is 3. The fourth-order valence-corrected chi connectivity index (χ4v) is 2.95. The summed E-state index contributed by atoms with van der Waals surface area (Å²) in [5.41, 5.74) is 2.09. The molecule has 0 bridgehead atoms. The van der Waals surface area contributed by atoms with Crippen molar-refractivity contribution >= 4 is 5.97 Å². The third-order valence-corrected chi connectivity index (χ3v) is 4.15. The highest BCUT2D eigenvalue weighted by Crippen LogP contribution is 2.31. The van der Waals surface area contributed by atoms with Gasteiger partial charge in [0.1, 0.15) is 0 Å². The molecule has 0 spiro atoms. The lowest BCUT2D eigenvalue weighted by Gasteiger charge is -2.10. The number of carbonyl (C=O) groups excluding carboxylic acids is 1. The molecule has 27 heavy (non-hydrogen) atoms. The van der Waals surface area contributed by atoms with Crippen LogP contribution >= 0.6 is 0 Å². The minimum atomic E-state index is -4.41. The number of aromatic amines is 1. The average molecular weight is 373 g/mol. The number of aromatic nitrogens is 1. The van der Waals surface area contributed by atoms with E-state index in [1.807, 2.05) is 30.3 Å². The topological polar surface area (TPSA) is 42.1 Å². The van der Waals surface area contributed by atoms with Crippen molar-refractivity contribution in [3.8, 4) is 11.3 Å². The summed E-state index contributed by atoms with van der Waals surface area (Å²) in [6, 6.07) is 14.4. The van der Waals surface area contributed by atoms with Crippen molar-refractivity contribution < 1.29 is 22.7 Å². The maximum Gasteiger partial charge on any atom is 0.416 e. The van der Waals surface area contributed by atoms with Crippen molar-refractivity contribution in [3.05, 3.63) is 83.0 Å². The Morgan fingerprint density at radius 2 is 1.81 bits per heavy atom. The number of esters is 1. The van der Waals surface area contributed by atoms with Gasteiger partial charge in [-0.2, -0.15) is 13.2 Å². The number of nitrogens with one attached hydrogen (secondary N) is 1. The zero-order valence-electron chi connectivity index (χ0n) is 14.6. The molecule has 6 heteroatoms. The first-order chi connectivity index (χ1) is 12.9. The number of carbonyl (C=O) groups is 1. The lowest BCUT2D eigenvalue weighted by molar-refractivity contribution is -0.137. The van der Waals surface area contributed by atoms with Crippen molar-refractivity contribution in [1.29, 1.82) is 0 Å². The van der Waals surface area contributed by atoms with Crippen LogP contribution < -0.4 is 0 Å². The van der Waals surface area contributed by atoms with Gasteiger partial charge in [0.05, 0.1) is 23.4 Å². The summed E-state index contributed by atoms with van der Waals surface area (Å²) in [5, 5.41) is 0. The molecule has 1 N–H and O–H groups in total. The third-order valence-electron chi connectivity index (χ3n) is 4.15. The molecule has 0 aliphatic carbocycles. The van der Waals surface area contributed by atoms with Crippen LogP contribution in [0.4, 0.5) is 13.2 Å². The van der Waals surface area contributed by atoms with E-state index < -0.39 is 17.7 Å². The Labute approximate surface area is 154 Å². The minimum absolute atomic E-state index is 0.182. The number of halogens is 3. The highest BCUT2D eigenvalue weighted by Gasteiger charge is 2.30. The fraction of sp³-hybridized carbons (Fsp3) is 0.190. The number of hydrogen-bond acceptors (Lipinski definition) is 2. The van der Waals surface area contributed by atoms with E-state index in [1.165, 1.54) is 6.07 Å². The number of benzene rings is 2. The summed E-state index contributed by atoms with van der Waals surface area (Å²) in [4.78, 5) is 15.6. The summed E-state index contributed by atoms with van der Waals surface area (Å²) < 4.78 is 44.0. The molecule has 1 heterocycles. The van der Waals surface area contributed by atoms with Crippen molar-refractivity contribution in [2.75, 3.05) is 6.61 Å². The molecular weight excluding hydrogens is 355 g/mol. The van der Waals surface area contributed by atoms with Gasteiger partial charge in [-0.1, -0.05) is 48.5 Å². The monoisotopic (exact) mass is 373 g/mol. The van der Waals surface area contributed by atoms with Gasteiger partial charge < -0.3 is 9.72 Å². The zero-order chi connectivity index (χ0) is 19.4. The van der Waals surface area contributed by atoms with Gasteiger partial charge in [-0.15, -0.1) is 0 Å². The van der Waals surface area contributed by atoms with E-state index in [-0.39, 0.29) is 13.0 Å². The molecule has 0 aliphatic heterocycles. The Kier molecular flexibility index (Phi) is 5.35. The summed E-state index contributed by atoms with van der Waals surface area (Å²) in [5.74, 6) is -0.500. The van der Waals surface area contributed by atoms with Crippen LogP contribution in [0.1, 0.15) is 34.0 Å². The van der Waals surface area contributed by atoms with E-state index in [9.17, 15) is 18.0 Å². The van der Waals surface area contributed by atoms with Gasteiger partial charge in [0, 0.05) is 6.20 Å². The van der Waals surface area contributed by atoms with Gasteiger partial charge in [0.15, 0.2) is 0 Å². The van der Waals surface area contributed by atoms with Gasteiger partial charge in [-0.05, 0) is 36.1 Å². The molecule has 0 amide bonds. The second kappa shape index (κ2) is 7.70. The van der Waals surface area contributed by atoms with Crippen LogP contribution in [0.2, 0.25) is 0 Å². The van der Waals surface area contributed by atoms with Crippen LogP contribution in [0, 0.1) is 0 Å². The highest BCUT2D eigenvalue weighted by atomic mass is 19.4. The van der Waals surface area contributed by atoms with Crippen molar-refractivity contribution in [1.82, 2.24) is 4.98 Å². The maximum atomic E-state index is 13.0. The number of ether oxygens (including phenoxy) is 1. The molecule has 3 nitrogen and oxygen atoms in total. The maximum absolute atomic E-state index is 13.0. The van der Waals surface area contributed by atoms with E-state index in [2.05, 4.69) is 4.98 Å². The van der Waals surface area contributed by atoms with E-state index >= 15 is 0 Å². The van der Waals surface area contributed by atoms with Crippen LogP contribution in [-0.4, -0.2) is 17.6 Å². The average Bonchev–Trinajstić information content (AvgIpc) is 3.06. The summed E-state index contributed by atoms with van der Waals surface area (Å²) in [6.07, 6.45) is -2.58. The Bertz CT molecular complexity index is 930. The molecule has 2 aromatic carbocycles. The molecule has 0 saturated carbocycles. The second-order valence-electron chi connectivity index (χ2n) is 6.03. The minimum Gasteiger partial charge on any atom is -0.462 e. The van der Waals surface area contributed by atoms with Crippen LogP contribution in [0.15, 0.2) is 60.8 Å². The normalized spacial score (nSPS) is 11.4. The quantitative estimate of drug-likeness (QED) is 0.603. The first kappa shape index (κ1) is 18.8. The Balaban J connectivity index is 2.01. The van der Waals surface area contributed by atoms with Gasteiger partial charge in [0.2, 0.25) is 0 Å². The van der Waals surface area contributed by atoms with Gasteiger partial charge >= 0.3 is 12.1 Å². The number of hydrogen-bond donors (Lipinski definition) is 1. The van der Waals surface area contributed by atoms with Crippen molar-refractivity contribution in [2.24, 2.45) is 0 Å². The smallest absolute Gasteiger partial charge is 0.416 e. The molecule has 0 saturated heterocycles. The number of rotatable bonds is 5. The van der Waals surface area contributed by atoms with E-state index in [0.717, 1.165) is 17.7 Å². The number of H-pyrrole nitrogens is 1. The second-order valence-corrected chi connectivity index (χ2v) is 6.03. The first-order valence-corrected chi connectivity index (χ1v) is 8.49. The molecule has 0 atom stereocenters. The Hall–Kier alpha value is -3.02. The zero-order valence-corrected chi connectivity index (χ0v) is 14.6. The lowest BCUT2D eigenvalue weighted by atomic mass is 9.99. The molecule has 3 rings (SSSR count). The first-order valence-electron chi connectivity index (χ1n) is 8.49. The predicted molar refractivity (Wildman–Crippen MR) is 96.4 cm³/mol. The predicted octanol–water partition coefficient (Wildman–Crippen LogP) is 5.47. The molecule has 0 aliphatic rings. The van der Waals surface area contributed by atoms with E-state index in [4.69, 9.17) is 4.74 Å². The summed E-state index contributed by atoms with van der Waals surface area (Å²) >= 11 is 0. The Morgan fingerprint density at radius 1 is 1.07 bits per heavy atom. The SMILES string of the molecule is CCOC(=O)c1c(Cc2cccc(C(F)(F)F)c2)c[nH]c1-c1ccccc1. The van der Waals surface area contributed by atoms with Gasteiger partial charge in [-0.25, -0.2) is 4.79 Å². The van der Waals surface area contributed by atoms with Crippen LogP contribution in [0.5, 0.6) is 0 Å². The molecular formula is C21H18F3NO2. The van der Waals surface area contributed by atoms with Gasteiger partial charge in [0.25, 0.3) is 0 Å². The molecule has 0 fully saturated rings.